The van der Waals surface area contributed by atoms with E-state index in [1.54, 1.807) is 18.2 Å². The van der Waals surface area contributed by atoms with Gasteiger partial charge in [0.25, 0.3) is 10.0 Å². The Morgan fingerprint density at radius 3 is 2.66 bits per heavy atom. The standard InChI is InChI=1S/C22H22N4O5S/c1-13-6-7-16(10-14(13)2)25-32(28,29)17-8-9-18-19(11-17)30-22(27)26(18)12-20-23-21(31-24-20)15-4-3-5-15/h6-11,15,25H,3-5,12H2,1-2H3. The average Bonchev–Trinajstić information content (AvgIpc) is 3.27. The molecule has 0 unspecified atom stereocenters. The number of rotatable bonds is 6. The zero-order valence-corrected chi connectivity index (χ0v) is 18.5. The van der Waals surface area contributed by atoms with Crippen molar-refractivity contribution < 1.29 is 17.4 Å². The van der Waals surface area contributed by atoms with Gasteiger partial charge in [0.15, 0.2) is 11.4 Å². The maximum Gasteiger partial charge on any atom is 0.420 e. The van der Waals surface area contributed by atoms with E-state index >= 15 is 0 Å². The van der Waals surface area contributed by atoms with Gasteiger partial charge in [0.1, 0.15) is 0 Å². The van der Waals surface area contributed by atoms with E-state index in [0.29, 0.717) is 28.8 Å². The molecule has 2 aromatic heterocycles. The Morgan fingerprint density at radius 2 is 1.94 bits per heavy atom. The molecule has 1 saturated carbocycles. The van der Waals surface area contributed by atoms with E-state index in [2.05, 4.69) is 14.9 Å². The highest BCUT2D eigenvalue weighted by molar-refractivity contribution is 7.92. The van der Waals surface area contributed by atoms with Gasteiger partial charge in [0.05, 0.1) is 17.0 Å². The van der Waals surface area contributed by atoms with E-state index in [9.17, 15) is 13.2 Å². The van der Waals surface area contributed by atoms with E-state index in [0.717, 1.165) is 30.4 Å². The van der Waals surface area contributed by atoms with Crippen LogP contribution in [-0.4, -0.2) is 23.1 Å². The second-order valence-corrected chi connectivity index (χ2v) is 9.85. The van der Waals surface area contributed by atoms with Gasteiger partial charge < -0.3 is 8.94 Å². The van der Waals surface area contributed by atoms with Crippen molar-refractivity contribution in [3.05, 3.63) is 69.8 Å². The van der Waals surface area contributed by atoms with Crippen LogP contribution in [0.15, 0.2) is 55.0 Å². The number of nitrogens with zero attached hydrogens (tertiary/aromatic N) is 3. The van der Waals surface area contributed by atoms with Gasteiger partial charge in [0.2, 0.25) is 5.89 Å². The second-order valence-electron chi connectivity index (χ2n) is 8.16. The fourth-order valence-electron chi connectivity index (χ4n) is 3.68. The molecule has 2 heterocycles. The number of hydrogen-bond acceptors (Lipinski definition) is 7. The Kier molecular flexibility index (Phi) is 4.89. The van der Waals surface area contributed by atoms with E-state index in [-0.39, 0.29) is 17.0 Å². The van der Waals surface area contributed by atoms with Crippen LogP contribution >= 0.6 is 0 Å². The van der Waals surface area contributed by atoms with Crippen LogP contribution in [0, 0.1) is 13.8 Å². The first-order valence-corrected chi connectivity index (χ1v) is 11.8. The van der Waals surface area contributed by atoms with Crippen molar-refractivity contribution in [2.75, 3.05) is 4.72 Å². The molecule has 5 rings (SSSR count). The van der Waals surface area contributed by atoms with Gasteiger partial charge in [-0.1, -0.05) is 17.6 Å². The molecule has 32 heavy (non-hydrogen) atoms. The third-order valence-corrected chi connectivity index (χ3v) is 7.33. The zero-order chi connectivity index (χ0) is 22.5. The van der Waals surface area contributed by atoms with E-state index < -0.39 is 15.8 Å². The molecule has 1 aliphatic carbocycles. The van der Waals surface area contributed by atoms with Gasteiger partial charge in [-0.15, -0.1) is 0 Å². The smallest absolute Gasteiger partial charge is 0.408 e. The number of sulfonamides is 1. The molecule has 0 saturated heterocycles. The highest BCUT2D eigenvalue weighted by Gasteiger charge is 2.26. The Morgan fingerprint density at radius 1 is 1.12 bits per heavy atom. The van der Waals surface area contributed by atoms with Crippen LogP contribution in [0.3, 0.4) is 0 Å². The number of aryl methyl sites for hydroxylation is 2. The van der Waals surface area contributed by atoms with Gasteiger partial charge in [-0.2, -0.15) is 4.98 Å². The van der Waals surface area contributed by atoms with Gasteiger partial charge in [-0.25, -0.2) is 13.2 Å². The molecule has 9 nitrogen and oxygen atoms in total. The molecular weight excluding hydrogens is 432 g/mol. The first kappa shape index (κ1) is 20.5. The minimum absolute atomic E-state index is 0.00374. The Labute approximate surface area is 184 Å². The molecule has 0 spiro atoms. The fourth-order valence-corrected chi connectivity index (χ4v) is 4.74. The van der Waals surface area contributed by atoms with Crippen molar-refractivity contribution in [3.63, 3.8) is 0 Å². The van der Waals surface area contributed by atoms with Crippen LogP contribution < -0.4 is 10.5 Å². The zero-order valence-electron chi connectivity index (χ0n) is 17.7. The van der Waals surface area contributed by atoms with Gasteiger partial charge >= 0.3 is 5.76 Å². The summed E-state index contributed by atoms with van der Waals surface area (Å²) in [5, 5.41) is 3.97. The molecule has 0 radical (unpaired) electrons. The third-order valence-electron chi connectivity index (χ3n) is 5.95. The first-order chi connectivity index (χ1) is 15.3. The monoisotopic (exact) mass is 454 g/mol. The van der Waals surface area contributed by atoms with E-state index in [1.165, 1.54) is 16.7 Å². The first-order valence-electron chi connectivity index (χ1n) is 10.4. The second kappa shape index (κ2) is 7.63. The topological polar surface area (TPSA) is 120 Å². The summed E-state index contributed by atoms with van der Waals surface area (Å²) in [5.41, 5.74) is 3.13. The molecular formula is C22H22N4O5S. The predicted molar refractivity (Wildman–Crippen MR) is 117 cm³/mol. The summed E-state index contributed by atoms with van der Waals surface area (Å²) in [6.07, 6.45) is 3.21. The number of hydrogen-bond donors (Lipinski definition) is 1. The van der Waals surface area contributed by atoms with Crippen LogP contribution in [0.5, 0.6) is 0 Å². The summed E-state index contributed by atoms with van der Waals surface area (Å²) in [6, 6.07) is 9.65. The fraction of sp³-hybridized carbons (Fsp3) is 0.318. The average molecular weight is 455 g/mol. The molecule has 1 N–H and O–H groups in total. The van der Waals surface area contributed by atoms with Gasteiger partial charge in [-0.05, 0) is 62.1 Å². The number of benzene rings is 2. The number of fused-ring (bicyclic) bond motifs is 1. The number of nitrogens with one attached hydrogen (secondary N) is 1. The summed E-state index contributed by atoms with van der Waals surface area (Å²) in [7, 11) is -3.86. The van der Waals surface area contributed by atoms with Crippen molar-refractivity contribution in [2.45, 2.75) is 50.5 Å². The lowest BCUT2D eigenvalue weighted by Gasteiger charge is -2.20. The van der Waals surface area contributed by atoms with Gasteiger partial charge in [-0.3, -0.25) is 9.29 Å². The van der Waals surface area contributed by atoms with Gasteiger partial charge in [0, 0.05) is 17.7 Å². The van der Waals surface area contributed by atoms with E-state index in [4.69, 9.17) is 8.94 Å². The highest BCUT2D eigenvalue weighted by atomic mass is 32.2. The van der Waals surface area contributed by atoms with Crippen molar-refractivity contribution in [1.29, 1.82) is 0 Å². The maximum atomic E-state index is 12.9. The number of aromatic nitrogens is 3. The van der Waals surface area contributed by atoms with Crippen molar-refractivity contribution in [3.8, 4) is 0 Å². The van der Waals surface area contributed by atoms with Crippen molar-refractivity contribution >= 4 is 26.8 Å². The molecule has 166 valence electrons. The Balaban J connectivity index is 1.42. The minimum Gasteiger partial charge on any atom is -0.408 e. The van der Waals surface area contributed by atoms with E-state index in [1.807, 2.05) is 19.9 Å². The summed E-state index contributed by atoms with van der Waals surface area (Å²) >= 11 is 0. The molecule has 0 atom stereocenters. The minimum atomic E-state index is -3.86. The van der Waals surface area contributed by atoms with Crippen LogP contribution in [-0.2, 0) is 16.6 Å². The summed E-state index contributed by atoms with van der Waals surface area (Å²) in [6.45, 7) is 3.95. The van der Waals surface area contributed by atoms with Crippen LogP contribution in [0.25, 0.3) is 11.1 Å². The predicted octanol–water partition coefficient (Wildman–Crippen LogP) is 3.71. The number of oxazole rings is 1. The molecule has 0 amide bonds. The summed E-state index contributed by atoms with van der Waals surface area (Å²) in [5.74, 6) is 0.654. The normalized spacial score (nSPS) is 14.6. The van der Waals surface area contributed by atoms with Crippen LogP contribution in [0.4, 0.5) is 5.69 Å². The Hall–Kier alpha value is -3.40. The Bertz CT molecular complexity index is 1480. The van der Waals surface area contributed by atoms with Crippen LogP contribution in [0.1, 0.15) is 48.0 Å². The molecule has 0 bridgehead atoms. The molecule has 2 aromatic carbocycles. The quantitative estimate of drug-likeness (QED) is 0.471. The lowest BCUT2D eigenvalue weighted by molar-refractivity contribution is 0.291. The molecule has 1 fully saturated rings. The summed E-state index contributed by atoms with van der Waals surface area (Å²) in [4.78, 5) is 16.8. The largest absolute Gasteiger partial charge is 0.420 e. The molecule has 1 aliphatic rings. The third kappa shape index (κ3) is 3.70. The lowest BCUT2D eigenvalue weighted by atomic mass is 9.85. The van der Waals surface area contributed by atoms with Crippen molar-refractivity contribution in [2.24, 2.45) is 0 Å². The maximum absolute atomic E-state index is 12.9. The molecule has 4 aromatic rings. The molecule has 0 aliphatic heterocycles. The number of anilines is 1. The van der Waals surface area contributed by atoms with Crippen LogP contribution in [0.2, 0.25) is 0 Å². The SMILES string of the molecule is Cc1ccc(NS(=O)(=O)c2ccc3c(c2)oc(=O)n3Cc2noc(C3CCC3)n2)cc1C. The summed E-state index contributed by atoms with van der Waals surface area (Å²) < 4.78 is 40.3. The highest BCUT2D eigenvalue weighted by Crippen LogP contribution is 2.35. The molecule has 10 heteroatoms. The van der Waals surface area contributed by atoms with Crippen molar-refractivity contribution in [1.82, 2.24) is 14.7 Å². The lowest BCUT2D eigenvalue weighted by Crippen LogP contribution is -2.16.